The van der Waals surface area contributed by atoms with E-state index in [0.29, 0.717) is 36.7 Å². The topological polar surface area (TPSA) is 85.9 Å². The van der Waals surface area contributed by atoms with Crippen molar-refractivity contribution in [3.05, 3.63) is 23.8 Å². The normalized spacial score (nSPS) is 16.7. The largest absolute Gasteiger partial charge is 0.493 e. The summed E-state index contributed by atoms with van der Waals surface area (Å²) in [4.78, 5) is 23.9. The van der Waals surface area contributed by atoms with Gasteiger partial charge in [-0.2, -0.15) is 0 Å². The Balaban J connectivity index is 1.94. The summed E-state index contributed by atoms with van der Waals surface area (Å²) in [5.74, 6) is 0.272. The quantitative estimate of drug-likeness (QED) is 0.774. The van der Waals surface area contributed by atoms with Gasteiger partial charge in [0, 0.05) is 12.2 Å². The van der Waals surface area contributed by atoms with Gasteiger partial charge >= 0.3 is 0 Å². The molecule has 1 atom stereocenters. The van der Waals surface area contributed by atoms with Gasteiger partial charge in [0.2, 0.25) is 0 Å². The molecule has 0 radical (unpaired) electrons. The molecule has 0 saturated carbocycles. The van der Waals surface area contributed by atoms with Gasteiger partial charge in [-0.05, 0) is 37.5 Å². The van der Waals surface area contributed by atoms with Crippen molar-refractivity contribution >= 4 is 11.8 Å². The summed E-state index contributed by atoms with van der Waals surface area (Å²) in [5, 5.41) is 0. The lowest BCUT2D eigenvalue weighted by Gasteiger charge is -2.13. The average molecular weight is 322 g/mol. The Hall–Kier alpha value is -2.28. The number of hydrazine groups is 1. The fourth-order valence-electron chi connectivity index (χ4n) is 2.20. The van der Waals surface area contributed by atoms with Crippen molar-refractivity contribution in [3.63, 3.8) is 0 Å². The average Bonchev–Trinajstić information content (AvgIpc) is 3.12. The van der Waals surface area contributed by atoms with Gasteiger partial charge in [0.1, 0.15) is 6.10 Å². The van der Waals surface area contributed by atoms with Crippen LogP contribution in [-0.2, 0) is 9.53 Å². The van der Waals surface area contributed by atoms with Crippen LogP contribution in [0.2, 0.25) is 0 Å². The number of carbonyl (C=O) groups excluding carboxylic acids is 2. The summed E-state index contributed by atoms with van der Waals surface area (Å²) >= 11 is 0. The third-order valence-corrected chi connectivity index (χ3v) is 3.41. The zero-order valence-electron chi connectivity index (χ0n) is 13.4. The zero-order valence-corrected chi connectivity index (χ0v) is 13.4. The second-order valence-electron chi connectivity index (χ2n) is 5.16. The van der Waals surface area contributed by atoms with Crippen molar-refractivity contribution in [2.24, 2.45) is 0 Å². The monoisotopic (exact) mass is 322 g/mol. The van der Waals surface area contributed by atoms with Crippen LogP contribution in [0.5, 0.6) is 11.5 Å². The Bertz CT molecular complexity index is 555. The van der Waals surface area contributed by atoms with Gasteiger partial charge in [0.25, 0.3) is 11.8 Å². The van der Waals surface area contributed by atoms with Crippen molar-refractivity contribution < 1.29 is 23.8 Å². The summed E-state index contributed by atoms with van der Waals surface area (Å²) < 4.78 is 16.0. The number of nitrogens with one attached hydrogen (secondary N) is 2. The van der Waals surface area contributed by atoms with Crippen LogP contribution in [0.4, 0.5) is 0 Å². The minimum absolute atomic E-state index is 0.342. The molecule has 0 spiro atoms. The first-order valence-electron chi connectivity index (χ1n) is 7.68. The van der Waals surface area contributed by atoms with Gasteiger partial charge in [-0.25, -0.2) is 0 Å². The Morgan fingerprint density at radius 2 is 2.13 bits per heavy atom. The molecule has 7 heteroatoms. The fourth-order valence-corrected chi connectivity index (χ4v) is 2.20. The molecule has 23 heavy (non-hydrogen) atoms. The molecule has 1 unspecified atom stereocenters. The predicted molar refractivity (Wildman–Crippen MR) is 83.4 cm³/mol. The molecule has 7 nitrogen and oxygen atoms in total. The van der Waals surface area contributed by atoms with Crippen LogP contribution in [0, 0.1) is 0 Å². The zero-order chi connectivity index (χ0) is 16.7. The highest BCUT2D eigenvalue weighted by molar-refractivity contribution is 5.96. The minimum Gasteiger partial charge on any atom is -0.493 e. The summed E-state index contributed by atoms with van der Waals surface area (Å²) in [5.41, 5.74) is 5.11. The van der Waals surface area contributed by atoms with Crippen LogP contribution in [0.3, 0.4) is 0 Å². The molecule has 0 bridgehead atoms. The van der Waals surface area contributed by atoms with Gasteiger partial charge in [-0.15, -0.1) is 0 Å². The van der Waals surface area contributed by atoms with Crippen LogP contribution >= 0.6 is 0 Å². The third kappa shape index (κ3) is 4.59. The Kier molecular flexibility index (Phi) is 6.22. The van der Waals surface area contributed by atoms with Crippen LogP contribution in [-0.4, -0.2) is 38.2 Å². The van der Waals surface area contributed by atoms with Crippen LogP contribution < -0.4 is 20.3 Å². The molecule has 0 aromatic heterocycles. The highest BCUT2D eigenvalue weighted by Gasteiger charge is 2.24. The maximum atomic E-state index is 12.1. The molecule has 1 aliphatic heterocycles. The number of hydrogen-bond acceptors (Lipinski definition) is 5. The van der Waals surface area contributed by atoms with E-state index in [1.165, 1.54) is 7.11 Å². The van der Waals surface area contributed by atoms with E-state index >= 15 is 0 Å². The standard InChI is InChI=1S/C16H22N2O5/c1-3-8-22-12-7-6-11(10-14(12)21-2)15(19)17-18-16(20)13-5-4-9-23-13/h6-7,10,13H,3-5,8-9H2,1-2H3,(H,17,19)(H,18,20). The van der Waals surface area contributed by atoms with Crippen LogP contribution in [0.15, 0.2) is 18.2 Å². The summed E-state index contributed by atoms with van der Waals surface area (Å²) in [6.07, 6.45) is 1.90. The van der Waals surface area contributed by atoms with Crippen molar-refractivity contribution in [1.29, 1.82) is 0 Å². The molecule has 2 amide bonds. The lowest BCUT2D eigenvalue weighted by Crippen LogP contribution is -2.46. The van der Waals surface area contributed by atoms with Gasteiger partial charge in [-0.1, -0.05) is 6.92 Å². The second kappa shape index (κ2) is 8.38. The first kappa shape index (κ1) is 17.1. The van der Waals surface area contributed by atoms with E-state index in [2.05, 4.69) is 10.9 Å². The van der Waals surface area contributed by atoms with Gasteiger partial charge < -0.3 is 14.2 Å². The van der Waals surface area contributed by atoms with Gasteiger partial charge in [-0.3, -0.25) is 20.4 Å². The predicted octanol–water partition coefficient (Wildman–Crippen LogP) is 1.42. The van der Waals surface area contributed by atoms with Crippen molar-refractivity contribution in [2.45, 2.75) is 32.3 Å². The van der Waals surface area contributed by atoms with E-state index in [-0.39, 0.29) is 5.91 Å². The van der Waals surface area contributed by atoms with Crippen molar-refractivity contribution in [2.75, 3.05) is 20.3 Å². The minimum atomic E-state index is -0.491. The van der Waals surface area contributed by atoms with E-state index in [1.807, 2.05) is 6.92 Å². The molecule has 1 aromatic rings. The van der Waals surface area contributed by atoms with E-state index in [0.717, 1.165) is 12.8 Å². The Labute approximate surface area is 135 Å². The molecule has 2 rings (SSSR count). The molecule has 1 heterocycles. The molecule has 1 aromatic carbocycles. The lowest BCUT2D eigenvalue weighted by molar-refractivity contribution is -0.130. The number of amides is 2. The van der Waals surface area contributed by atoms with E-state index in [4.69, 9.17) is 14.2 Å². The molecule has 1 fully saturated rings. The summed E-state index contributed by atoms with van der Waals surface area (Å²) in [6, 6.07) is 4.85. The number of benzene rings is 1. The Morgan fingerprint density at radius 3 is 2.78 bits per heavy atom. The SMILES string of the molecule is CCCOc1ccc(C(=O)NNC(=O)C2CCCO2)cc1OC. The number of ether oxygens (including phenoxy) is 3. The highest BCUT2D eigenvalue weighted by Crippen LogP contribution is 2.28. The molecular formula is C16H22N2O5. The first-order valence-corrected chi connectivity index (χ1v) is 7.68. The first-order chi connectivity index (χ1) is 11.2. The molecular weight excluding hydrogens is 300 g/mol. The number of hydrogen-bond donors (Lipinski definition) is 2. The molecule has 1 saturated heterocycles. The smallest absolute Gasteiger partial charge is 0.269 e. The number of rotatable bonds is 6. The van der Waals surface area contributed by atoms with Crippen LogP contribution in [0.25, 0.3) is 0 Å². The molecule has 0 aliphatic carbocycles. The summed E-state index contributed by atoms with van der Waals surface area (Å²) in [7, 11) is 1.51. The maximum absolute atomic E-state index is 12.1. The third-order valence-electron chi connectivity index (χ3n) is 3.41. The summed E-state index contributed by atoms with van der Waals surface area (Å²) in [6.45, 7) is 3.15. The highest BCUT2D eigenvalue weighted by atomic mass is 16.5. The molecule has 2 N–H and O–H groups in total. The van der Waals surface area contributed by atoms with E-state index in [9.17, 15) is 9.59 Å². The van der Waals surface area contributed by atoms with Gasteiger partial charge in [0.05, 0.1) is 13.7 Å². The van der Waals surface area contributed by atoms with Crippen molar-refractivity contribution in [3.8, 4) is 11.5 Å². The Morgan fingerprint density at radius 1 is 1.30 bits per heavy atom. The second-order valence-corrected chi connectivity index (χ2v) is 5.16. The van der Waals surface area contributed by atoms with E-state index in [1.54, 1.807) is 18.2 Å². The van der Waals surface area contributed by atoms with Gasteiger partial charge in [0.15, 0.2) is 11.5 Å². The number of carbonyl (C=O) groups is 2. The van der Waals surface area contributed by atoms with E-state index < -0.39 is 12.0 Å². The maximum Gasteiger partial charge on any atom is 0.269 e. The molecule has 126 valence electrons. The van der Waals surface area contributed by atoms with Crippen molar-refractivity contribution in [1.82, 2.24) is 10.9 Å². The lowest BCUT2D eigenvalue weighted by atomic mass is 10.2. The number of methoxy groups -OCH3 is 1. The molecule has 1 aliphatic rings. The van der Waals surface area contributed by atoms with Crippen LogP contribution in [0.1, 0.15) is 36.5 Å². The fraction of sp³-hybridized carbons (Fsp3) is 0.500.